The van der Waals surface area contributed by atoms with E-state index >= 15 is 0 Å². The van der Waals surface area contributed by atoms with E-state index in [1.807, 2.05) is 31.2 Å². The highest BCUT2D eigenvalue weighted by Gasteiger charge is 2.22. The van der Waals surface area contributed by atoms with Crippen LogP contribution in [0, 0.1) is 6.92 Å². The number of carboxylic acid groups (broad SMARTS) is 1. The first-order valence-corrected chi connectivity index (χ1v) is 10.5. The molecule has 0 spiro atoms. The number of nitrogens with zero attached hydrogens (tertiary/aromatic N) is 2. The molecule has 0 bridgehead atoms. The standard InChI is InChI=1S/C26H24N2O5/c1-16-24(25(29)19-7-9-20(32-3)10-8-19)22-14-27-12-11-23(22)28(16)15-18-5-4-6-21(13-18)33-17(2)26(30)31/h4-14,17H,15H2,1-3H3,(H,30,31)/t17-/m1/s1. The Balaban J connectivity index is 1.72. The predicted molar refractivity (Wildman–Crippen MR) is 124 cm³/mol. The number of carbonyl (C=O) groups excluding carboxylic acids is 1. The number of rotatable bonds is 8. The van der Waals surface area contributed by atoms with Crippen LogP contribution >= 0.6 is 0 Å². The molecule has 2 heterocycles. The van der Waals surface area contributed by atoms with E-state index in [-0.39, 0.29) is 5.78 Å². The van der Waals surface area contributed by atoms with Crippen LogP contribution in [0.25, 0.3) is 10.9 Å². The molecule has 2 aromatic heterocycles. The first-order valence-electron chi connectivity index (χ1n) is 10.5. The molecular formula is C26H24N2O5. The third-order valence-corrected chi connectivity index (χ3v) is 5.60. The van der Waals surface area contributed by atoms with Crippen molar-refractivity contribution in [2.24, 2.45) is 0 Å². The fourth-order valence-corrected chi connectivity index (χ4v) is 3.86. The fraction of sp³-hybridized carbons (Fsp3) is 0.192. The lowest BCUT2D eigenvalue weighted by Crippen LogP contribution is -2.22. The summed E-state index contributed by atoms with van der Waals surface area (Å²) in [5.74, 6) is 0.0560. The highest BCUT2D eigenvalue weighted by molar-refractivity contribution is 6.17. The van der Waals surface area contributed by atoms with Crippen molar-refractivity contribution in [3.63, 3.8) is 0 Å². The second-order valence-electron chi connectivity index (χ2n) is 7.74. The molecule has 0 saturated carbocycles. The Morgan fingerprint density at radius 3 is 2.55 bits per heavy atom. The summed E-state index contributed by atoms with van der Waals surface area (Å²) in [6, 6.07) is 16.2. The van der Waals surface area contributed by atoms with E-state index in [0.717, 1.165) is 22.2 Å². The van der Waals surface area contributed by atoms with Gasteiger partial charge in [0.2, 0.25) is 0 Å². The van der Waals surface area contributed by atoms with E-state index in [2.05, 4.69) is 9.55 Å². The van der Waals surface area contributed by atoms with Crippen LogP contribution in [0.3, 0.4) is 0 Å². The summed E-state index contributed by atoms with van der Waals surface area (Å²) in [6.45, 7) is 3.90. The quantitative estimate of drug-likeness (QED) is 0.403. The number of benzene rings is 2. The number of ketones is 1. The van der Waals surface area contributed by atoms with Crippen molar-refractivity contribution in [3.8, 4) is 11.5 Å². The lowest BCUT2D eigenvalue weighted by Gasteiger charge is -2.13. The summed E-state index contributed by atoms with van der Waals surface area (Å²) < 4.78 is 12.8. The lowest BCUT2D eigenvalue weighted by atomic mass is 10.0. The molecule has 0 unspecified atom stereocenters. The van der Waals surface area contributed by atoms with E-state index in [1.165, 1.54) is 6.92 Å². The summed E-state index contributed by atoms with van der Waals surface area (Å²) in [5.41, 5.74) is 3.81. The minimum absolute atomic E-state index is 0.0840. The average Bonchev–Trinajstić information content (AvgIpc) is 3.10. The smallest absolute Gasteiger partial charge is 0.344 e. The van der Waals surface area contributed by atoms with Crippen molar-refractivity contribution in [2.75, 3.05) is 7.11 Å². The number of hydrogen-bond acceptors (Lipinski definition) is 5. The number of aliphatic carboxylic acids is 1. The Morgan fingerprint density at radius 2 is 1.85 bits per heavy atom. The maximum Gasteiger partial charge on any atom is 0.344 e. The fourth-order valence-electron chi connectivity index (χ4n) is 3.86. The molecule has 7 heteroatoms. The molecule has 1 N–H and O–H groups in total. The van der Waals surface area contributed by atoms with Gasteiger partial charge in [-0.1, -0.05) is 12.1 Å². The Kier molecular flexibility index (Phi) is 6.13. The molecule has 0 aliphatic carbocycles. The minimum atomic E-state index is -1.03. The minimum Gasteiger partial charge on any atom is -0.497 e. The largest absolute Gasteiger partial charge is 0.497 e. The van der Waals surface area contributed by atoms with Crippen LogP contribution in [-0.2, 0) is 11.3 Å². The van der Waals surface area contributed by atoms with Gasteiger partial charge in [0.15, 0.2) is 11.9 Å². The molecule has 7 nitrogen and oxygen atoms in total. The number of ether oxygens (including phenoxy) is 2. The number of carbonyl (C=O) groups is 2. The monoisotopic (exact) mass is 444 g/mol. The van der Waals surface area contributed by atoms with Crippen molar-refractivity contribution in [1.29, 1.82) is 0 Å². The molecule has 0 radical (unpaired) electrons. The van der Waals surface area contributed by atoms with Gasteiger partial charge in [0.25, 0.3) is 0 Å². The van der Waals surface area contributed by atoms with Crippen LogP contribution in [0.5, 0.6) is 11.5 Å². The van der Waals surface area contributed by atoms with E-state index in [9.17, 15) is 9.59 Å². The molecule has 4 rings (SSSR count). The SMILES string of the molecule is COc1ccc(C(=O)c2c(C)n(Cc3cccc(O[C@H](C)C(=O)O)c3)c3ccncc23)cc1. The van der Waals surface area contributed by atoms with Gasteiger partial charge in [0.05, 0.1) is 18.2 Å². The number of methoxy groups -OCH3 is 1. The number of fused-ring (bicyclic) bond motifs is 1. The zero-order valence-corrected chi connectivity index (χ0v) is 18.6. The van der Waals surface area contributed by atoms with Crippen LogP contribution in [0.1, 0.15) is 34.1 Å². The summed E-state index contributed by atoms with van der Waals surface area (Å²) in [5, 5.41) is 9.89. The van der Waals surface area contributed by atoms with Crippen molar-refractivity contribution in [3.05, 3.63) is 89.4 Å². The van der Waals surface area contributed by atoms with Gasteiger partial charge in [0.1, 0.15) is 11.5 Å². The number of hydrogen-bond donors (Lipinski definition) is 1. The molecule has 1 atom stereocenters. The van der Waals surface area contributed by atoms with Gasteiger partial charge in [-0.3, -0.25) is 9.78 Å². The second kappa shape index (κ2) is 9.16. The van der Waals surface area contributed by atoms with Crippen molar-refractivity contribution in [1.82, 2.24) is 9.55 Å². The van der Waals surface area contributed by atoms with Crippen LogP contribution in [0.15, 0.2) is 67.0 Å². The summed E-state index contributed by atoms with van der Waals surface area (Å²) in [7, 11) is 1.59. The van der Waals surface area contributed by atoms with Crippen molar-refractivity contribution >= 4 is 22.7 Å². The van der Waals surface area contributed by atoms with Crippen LogP contribution in [-0.4, -0.2) is 39.6 Å². The highest BCUT2D eigenvalue weighted by atomic mass is 16.5. The molecule has 0 aliphatic rings. The van der Waals surface area contributed by atoms with Gasteiger partial charge >= 0.3 is 5.97 Å². The maximum atomic E-state index is 13.4. The molecule has 0 saturated heterocycles. The predicted octanol–water partition coefficient (Wildman–Crippen LogP) is 4.48. The summed E-state index contributed by atoms with van der Waals surface area (Å²) >= 11 is 0. The van der Waals surface area contributed by atoms with Gasteiger partial charge in [-0.2, -0.15) is 0 Å². The molecule has 0 amide bonds. The third-order valence-electron chi connectivity index (χ3n) is 5.60. The van der Waals surface area contributed by atoms with E-state index in [4.69, 9.17) is 14.6 Å². The van der Waals surface area contributed by atoms with E-state index in [0.29, 0.717) is 29.2 Å². The summed E-state index contributed by atoms with van der Waals surface area (Å²) in [4.78, 5) is 28.8. The van der Waals surface area contributed by atoms with Crippen molar-refractivity contribution < 1.29 is 24.2 Å². The maximum absolute atomic E-state index is 13.4. The zero-order valence-electron chi connectivity index (χ0n) is 18.6. The number of carboxylic acids is 1. The van der Waals surface area contributed by atoms with Gasteiger partial charge in [-0.15, -0.1) is 0 Å². The molecule has 168 valence electrons. The Bertz CT molecular complexity index is 1320. The Morgan fingerprint density at radius 1 is 1.09 bits per heavy atom. The average molecular weight is 444 g/mol. The van der Waals surface area contributed by atoms with Crippen LogP contribution in [0.2, 0.25) is 0 Å². The van der Waals surface area contributed by atoms with Gasteiger partial charge in [0, 0.05) is 35.6 Å². The third kappa shape index (κ3) is 4.43. The van der Waals surface area contributed by atoms with E-state index in [1.54, 1.807) is 49.8 Å². The molecule has 33 heavy (non-hydrogen) atoms. The first-order chi connectivity index (χ1) is 15.9. The van der Waals surface area contributed by atoms with Crippen molar-refractivity contribution in [2.45, 2.75) is 26.5 Å². The zero-order chi connectivity index (χ0) is 23.5. The second-order valence-corrected chi connectivity index (χ2v) is 7.74. The first kappa shape index (κ1) is 22.1. The van der Waals surface area contributed by atoms with Crippen LogP contribution < -0.4 is 9.47 Å². The van der Waals surface area contributed by atoms with Gasteiger partial charge in [-0.05, 0) is 61.9 Å². The Labute approximate surface area is 191 Å². The van der Waals surface area contributed by atoms with Crippen LogP contribution in [0.4, 0.5) is 0 Å². The summed E-state index contributed by atoms with van der Waals surface area (Å²) in [6.07, 6.45) is 2.46. The van der Waals surface area contributed by atoms with E-state index < -0.39 is 12.1 Å². The highest BCUT2D eigenvalue weighted by Crippen LogP contribution is 2.29. The topological polar surface area (TPSA) is 90.7 Å². The molecular weight excluding hydrogens is 420 g/mol. The molecule has 2 aromatic carbocycles. The molecule has 0 fully saturated rings. The Hall–Kier alpha value is -4.13. The van der Waals surface area contributed by atoms with Gasteiger partial charge in [-0.25, -0.2) is 4.79 Å². The van der Waals surface area contributed by atoms with Gasteiger partial charge < -0.3 is 19.1 Å². The molecule has 4 aromatic rings. The number of pyridine rings is 1. The normalized spacial score (nSPS) is 11.8. The molecule has 0 aliphatic heterocycles. The lowest BCUT2D eigenvalue weighted by molar-refractivity contribution is -0.144. The number of aromatic nitrogens is 2.